The molecule has 16 heavy (non-hydrogen) atoms. The molecule has 2 unspecified atom stereocenters. The summed E-state index contributed by atoms with van der Waals surface area (Å²) in [7, 11) is 0. The molecule has 1 heterocycles. The van der Waals surface area contributed by atoms with Crippen LogP contribution < -0.4 is 5.73 Å². The predicted octanol–water partition coefficient (Wildman–Crippen LogP) is 0.215. The van der Waals surface area contributed by atoms with Crippen molar-refractivity contribution in [3.8, 4) is 0 Å². The molecule has 2 N–H and O–H groups in total. The fourth-order valence-electron chi connectivity index (χ4n) is 2.17. The van der Waals surface area contributed by atoms with Gasteiger partial charge in [0, 0.05) is 6.42 Å². The van der Waals surface area contributed by atoms with Gasteiger partial charge in [0.25, 0.3) is 0 Å². The third-order valence-electron chi connectivity index (χ3n) is 3.18. The van der Waals surface area contributed by atoms with Gasteiger partial charge in [-0.25, -0.2) is 0 Å². The van der Waals surface area contributed by atoms with Crippen molar-refractivity contribution in [2.75, 3.05) is 19.8 Å². The topological polar surface area (TPSA) is 70.8 Å². The number of ether oxygens (including phenoxy) is 3. The highest BCUT2D eigenvalue weighted by Gasteiger charge is 2.44. The van der Waals surface area contributed by atoms with E-state index in [1.165, 1.54) is 0 Å². The lowest BCUT2D eigenvalue weighted by molar-refractivity contribution is -0.158. The van der Waals surface area contributed by atoms with Crippen LogP contribution in [-0.2, 0) is 19.0 Å². The molecule has 0 bridgehead atoms. The zero-order valence-electron chi connectivity index (χ0n) is 9.61. The van der Waals surface area contributed by atoms with Gasteiger partial charge >= 0.3 is 5.97 Å². The zero-order chi connectivity index (χ0) is 11.6. The van der Waals surface area contributed by atoms with Crippen LogP contribution in [0.2, 0.25) is 0 Å². The Hall–Kier alpha value is -0.650. The van der Waals surface area contributed by atoms with Crippen LogP contribution in [0.1, 0.15) is 26.2 Å². The summed E-state index contributed by atoms with van der Waals surface area (Å²) in [6.07, 6.45) is 2.29. The normalized spacial score (nSPS) is 34.8. The van der Waals surface area contributed by atoms with E-state index in [0.29, 0.717) is 32.7 Å². The second-order valence-corrected chi connectivity index (χ2v) is 4.54. The first kappa shape index (κ1) is 11.8. The molecular weight excluding hydrogens is 210 g/mol. The molecule has 2 aliphatic rings. The van der Waals surface area contributed by atoms with E-state index in [1.54, 1.807) is 6.92 Å². The van der Waals surface area contributed by atoms with Crippen LogP contribution in [0.5, 0.6) is 0 Å². The highest BCUT2D eigenvalue weighted by Crippen LogP contribution is 2.32. The van der Waals surface area contributed by atoms with Gasteiger partial charge in [-0.05, 0) is 19.8 Å². The molecular formula is C11H19NO4. The third kappa shape index (κ3) is 2.36. The molecule has 2 rings (SSSR count). The molecule has 92 valence electrons. The van der Waals surface area contributed by atoms with Gasteiger partial charge in [-0.2, -0.15) is 0 Å². The van der Waals surface area contributed by atoms with Gasteiger partial charge in [-0.3, -0.25) is 4.79 Å². The number of hydrogen-bond acceptors (Lipinski definition) is 5. The summed E-state index contributed by atoms with van der Waals surface area (Å²) in [6.45, 7) is 3.48. The highest BCUT2D eigenvalue weighted by molar-refractivity contribution is 5.81. The van der Waals surface area contributed by atoms with Crippen LogP contribution >= 0.6 is 0 Å². The molecule has 2 atom stereocenters. The third-order valence-corrected chi connectivity index (χ3v) is 3.18. The van der Waals surface area contributed by atoms with Crippen LogP contribution in [0.3, 0.4) is 0 Å². The molecule has 1 saturated heterocycles. The van der Waals surface area contributed by atoms with E-state index in [0.717, 1.165) is 6.42 Å². The number of carbonyl (C=O) groups is 1. The van der Waals surface area contributed by atoms with Crippen LogP contribution in [0.25, 0.3) is 0 Å². The number of hydrogen-bond donors (Lipinski definition) is 1. The van der Waals surface area contributed by atoms with Crippen LogP contribution in [0.15, 0.2) is 0 Å². The van der Waals surface area contributed by atoms with Crippen molar-refractivity contribution in [1.82, 2.24) is 0 Å². The average Bonchev–Trinajstić information content (AvgIpc) is 2.56. The highest BCUT2D eigenvalue weighted by atomic mass is 16.6. The van der Waals surface area contributed by atoms with E-state index in [2.05, 4.69) is 0 Å². The summed E-state index contributed by atoms with van der Waals surface area (Å²) in [4.78, 5) is 11.7. The summed E-state index contributed by atoms with van der Waals surface area (Å²) >= 11 is 0. The summed E-state index contributed by atoms with van der Waals surface area (Å²) in [5, 5.41) is 0. The van der Waals surface area contributed by atoms with E-state index in [1.807, 2.05) is 0 Å². The predicted molar refractivity (Wildman–Crippen MR) is 56.9 cm³/mol. The number of carbonyl (C=O) groups excluding carboxylic acids is 1. The SMILES string of the molecule is CCOC(=O)C1(N)CCC(OC2COC2)C1. The number of rotatable bonds is 4. The maximum Gasteiger partial charge on any atom is 0.326 e. The first-order valence-electron chi connectivity index (χ1n) is 5.83. The van der Waals surface area contributed by atoms with Crippen LogP contribution in [0.4, 0.5) is 0 Å². The standard InChI is InChI=1S/C11H19NO4/c1-2-15-10(13)11(12)4-3-8(5-11)16-9-6-14-7-9/h8-9H,2-7,12H2,1H3. The first-order valence-corrected chi connectivity index (χ1v) is 5.83. The first-order chi connectivity index (χ1) is 7.64. The van der Waals surface area contributed by atoms with Crippen LogP contribution in [0, 0.1) is 0 Å². The fraction of sp³-hybridized carbons (Fsp3) is 0.909. The molecule has 2 fully saturated rings. The van der Waals surface area contributed by atoms with Gasteiger partial charge in [0.05, 0.1) is 25.9 Å². The second kappa shape index (κ2) is 4.69. The summed E-state index contributed by atoms with van der Waals surface area (Å²) in [5.41, 5.74) is 5.19. The molecule has 0 amide bonds. The summed E-state index contributed by atoms with van der Waals surface area (Å²) < 4.78 is 15.8. The van der Waals surface area contributed by atoms with E-state index in [9.17, 15) is 4.79 Å². The molecule has 1 saturated carbocycles. The van der Waals surface area contributed by atoms with Crippen molar-refractivity contribution in [2.45, 2.75) is 43.9 Å². The average molecular weight is 229 g/mol. The Morgan fingerprint density at radius 2 is 2.25 bits per heavy atom. The van der Waals surface area contributed by atoms with Gasteiger partial charge in [0.15, 0.2) is 0 Å². The summed E-state index contributed by atoms with van der Waals surface area (Å²) in [6, 6.07) is 0. The van der Waals surface area contributed by atoms with Crippen molar-refractivity contribution in [3.63, 3.8) is 0 Å². The lowest BCUT2D eigenvalue weighted by atomic mass is 9.99. The number of esters is 1. The molecule has 0 aromatic rings. The van der Waals surface area contributed by atoms with E-state index in [-0.39, 0.29) is 18.2 Å². The van der Waals surface area contributed by atoms with Gasteiger partial charge < -0.3 is 19.9 Å². The van der Waals surface area contributed by atoms with Gasteiger partial charge in [0.2, 0.25) is 0 Å². The summed E-state index contributed by atoms with van der Waals surface area (Å²) in [5.74, 6) is -0.300. The lowest BCUT2D eigenvalue weighted by Gasteiger charge is -2.29. The maximum absolute atomic E-state index is 11.7. The second-order valence-electron chi connectivity index (χ2n) is 4.54. The van der Waals surface area contributed by atoms with Crippen molar-refractivity contribution in [3.05, 3.63) is 0 Å². The smallest absolute Gasteiger partial charge is 0.326 e. The minimum Gasteiger partial charge on any atom is -0.465 e. The van der Waals surface area contributed by atoms with Gasteiger partial charge in [-0.1, -0.05) is 0 Å². The largest absolute Gasteiger partial charge is 0.465 e. The van der Waals surface area contributed by atoms with Gasteiger partial charge in [0.1, 0.15) is 11.6 Å². The molecule has 1 aliphatic heterocycles. The molecule has 0 aromatic carbocycles. The zero-order valence-corrected chi connectivity index (χ0v) is 9.61. The Balaban J connectivity index is 1.82. The number of nitrogens with two attached hydrogens (primary N) is 1. The molecule has 5 nitrogen and oxygen atoms in total. The Morgan fingerprint density at radius 1 is 1.50 bits per heavy atom. The lowest BCUT2D eigenvalue weighted by Crippen LogP contribution is -2.47. The monoisotopic (exact) mass is 229 g/mol. The molecule has 0 aromatic heterocycles. The van der Waals surface area contributed by atoms with Gasteiger partial charge in [-0.15, -0.1) is 0 Å². The van der Waals surface area contributed by atoms with Crippen LogP contribution in [-0.4, -0.2) is 43.5 Å². The molecule has 5 heteroatoms. The van der Waals surface area contributed by atoms with E-state index in [4.69, 9.17) is 19.9 Å². The molecule has 0 spiro atoms. The Morgan fingerprint density at radius 3 is 2.81 bits per heavy atom. The Bertz CT molecular complexity index is 267. The maximum atomic E-state index is 11.7. The fourth-order valence-corrected chi connectivity index (χ4v) is 2.17. The minimum absolute atomic E-state index is 0.0725. The van der Waals surface area contributed by atoms with Crippen molar-refractivity contribution in [2.24, 2.45) is 5.73 Å². The Labute approximate surface area is 95.2 Å². The van der Waals surface area contributed by atoms with E-state index < -0.39 is 5.54 Å². The minimum atomic E-state index is -0.842. The molecule has 1 aliphatic carbocycles. The quantitative estimate of drug-likeness (QED) is 0.698. The molecule has 0 radical (unpaired) electrons. The van der Waals surface area contributed by atoms with Crippen molar-refractivity contribution < 1.29 is 19.0 Å². The van der Waals surface area contributed by atoms with Crippen molar-refractivity contribution >= 4 is 5.97 Å². The van der Waals surface area contributed by atoms with Crippen molar-refractivity contribution in [1.29, 1.82) is 0 Å². The van der Waals surface area contributed by atoms with E-state index >= 15 is 0 Å². The Kier molecular flexibility index (Phi) is 3.47.